The number of fused-ring (bicyclic) bond motifs is 3. The molecule has 0 radical (unpaired) electrons. The summed E-state index contributed by atoms with van der Waals surface area (Å²) in [5.41, 5.74) is 5.14. The highest BCUT2D eigenvalue weighted by Crippen LogP contribution is 2.37. The van der Waals surface area contributed by atoms with Crippen molar-refractivity contribution < 1.29 is 9.59 Å². The van der Waals surface area contributed by atoms with Gasteiger partial charge in [0, 0.05) is 12.2 Å². The molecule has 1 aromatic heterocycles. The Bertz CT molecular complexity index is 1210. The van der Waals surface area contributed by atoms with E-state index >= 15 is 0 Å². The quantitative estimate of drug-likeness (QED) is 0.498. The van der Waals surface area contributed by atoms with Crippen LogP contribution in [0.5, 0.6) is 0 Å². The Morgan fingerprint density at radius 2 is 1.94 bits per heavy atom. The lowest BCUT2D eigenvalue weighted by atomic mass is 9.97. The van der Waals surface area contributed by atoms with E-state index in [0.29, 0.717) is 12.5 Å². The summed E-state index contributed by atoms with van der Waals surface area (Å²) < 4.78 is 1.95. The molecule has 0 fully saturated rings. The highest BCUT2D eigenvalue weighted by atomic mass is 16.2. The number of para-hydroxylation sites is 2. The van der Waals surface area contributed by atoms with Crippen molar-refractivity contribution in [3.63, 3.8) is 0 Å². The molecule has 0 saturated carbocycles. The van der Waals surface area contributed by atoms with Crippen LogP contribution in [0.4, 0.5) is 11.6 Å². The first-order chi connectivity index (χ1) is 16.1. The first-order valence-electron chi connectivity index (χ1n) is 12.0. The lowest BCUT2D eigenvalue weighted by Crippen LogP contribution is -2.32. The minimum absolute atomic E-state index is 0.0452. The Balaban J connectivity index is 1.38. The highest BCUT2D eigenvalue weighted by molar-refractivity contribution is 6.05. The van der Waals surface area contributed by atoms with E-state index in [1.165, 1.54) is 24.0 Å². The Kier molecular flexibility index (Phi) is 5.99. The number of nitrogens with one attached hydrogen (secondary N) is 1. The minimum Gasteiger partial charge on any atom is -0.326 e. The molecule has 1 aliphatic carbocycles. The first kappa shape index (κ1) is 21.4. The van der Waals surface area contributed by atoms with Gasteiger partial charge in [0.1, 0.15) is 6.04 Å². The largest absolute Gasteiger partial charge is 0.326 e. The zero-order valence-electron chi connectivity index (χ0n) is 19.1. The van der Waals surface area contributed by atoms with Gasteiger partial charge in [0.15, 0.2) is 0 Å². The van der Waals surface area contributed by atoms with Gasteiger partial charge < -0.3 is 5.32 Å². The molecule has 33 heavy (non-hydrogen) atoms. The molecule has 6 heteroatoms. The van der Waals surface area contributed by atoms with E-state index in [2.05, 4.69) is 18.3 Å². The van der Waals surface area contributed by atoms with Crippen molar-refractivity contribution in [3.8, 4) is 0 Å². The highest BCUT2D eigenvalue weighted by Gasteiger charge is 2.40. The molecule has 3 aromatic rings. The molecule has 1 N–H and O–H groups in total. The van der Waals surface area contributed by atoms with Crippen molar-refractivity contribution in [1.29, 1.82) is 0 Å². The molecule has 1 atom stereocenters. The molecule has 0 saturated heterocycles. The van der Waals surface area contributed by atoms with Crippen LogP contribution in [0.15, 0.2) is 60.2 Å². The molecule has 0 unspecified atom stereocenters. The van der Waals surface area contributed by atoms with Crippen LogP contribution in [0.2, 0.25) is 0 Å². The van der Waals surface area contributed by atoms with Crippen LogP contribution in [0.1, 0.15) is 57.1 Å². The van der Waals surface area contributed by atoms with Crippen molar-refractivity contribution in [3.05, 3.63) is 65.7 Å². The standard InChI is InChI=1S/C27H30N4O2/c1-2-19-12-14-21(15-13-19)28-25(32)18-24-26(33)30(17-16-20-8-4-3-5-9-20)27-29-22-10-6-7-11-23(22)31(24)27/h6-8,10-15,24H,2-5,9,16-18H2,1H3,(H,28,32)/t24-/m1/s1. The number of rotatable bonds is 7. The van der Waals surface area contributed by atoms with E-state index in [4.69, 9.17) is 4.98 Å². The number of nitrogens with zero attached hydrogens (tertiary/aromatic N) is 3. The Hall–Kier alpha value is -3.41. The summed E-state index contributed by atoms with van der Waals surface area (Å²) in [6, 6.07) is 15.1. The zero-order chi connectivity index (χ0) is 22.8. The maximum Gasteiger partial charge on any atom is 0.253 e. The summed E-state index contributed by atoms with van der Waals surface area (Å²) in [4.78, 5) is 32.9. The molecule has 2 aliphatic rings. The molecule has 1 aliphatic heterocycles. The van der Waals surface area contributed by atoms with Crippen molar-refractivity contribution in [2.24, 2.45) is 0 Å². The van der Waals surface area contributed by atoms with Crippen LogP contribution in [0, 0.1) is 0 Å². The number of anilines is 2. The normalized spacial score (nSPS) is 17.8. The average Bonchev–Trinajstić information content (AvgIpc) is 3.33. The van der Waals surface area contributed by atoms with E-state index in [-0.39, 0.29) is 18.2 Å². The molecule has 0 bridgehead atoms. The van der Waals surface area contributed by atoms with Gasteiger partial charge >= 0.3 is 0 Å². The van der Waals surface area contributed by atoms with Gasteiger partial charge in [0.05, 0.1) is 17.5 Å². The second-order valence-electron chi connectivity index (χ2n) is 8.94. The zero-order valence-corrected chi connectivity index (χ0v) is 19.1. The van der Waals surface area contributed by atoms with Gasteiger partial charge in [-0.2, -0.15) is 0 Å². The van der Waals surface area contributed by atoms with Crippen molar-refractivity contribution >= 4 is 34.5 Å². The van der Waals surface area contributed by atoms with Crippen molar-refractivity contribution in [2.75, 3.05) is 16.8 Å². The van der Waals surface area contributed by atoms with E-state index in [9.17, 15) is 9.59 Å². The fourth-order valence-electron chi connectivity index (χ4n) is 4.91. The second kappa shape index (κ2) is 9.22. The molecule has 2 aromatic carbocycles. The van der Waals surface area contributed by atoms with Crippen LogP contribution in [-0.2, 0) is 16.0 Å². The summed E-state index contributed by atoms with van der Waals surface area (Å²) in [6.07, 6.45) is 8.93. The maximum atomic E-state index is 13.5. The van der Waals surface area contributed by atoms with Gasteiger partial charge in [-0.1, -0.05) is 42.8 Å². The van der Waals surface area contributed by atoms with Crippen LogP contribution in [0.3, 0.4) is 0 Å². The number of benzene rings is 2. The Morgan fingerprint density at radius 3 is 2.70 bits per heavy atom. The Morgan fingerprint density at radius 1 is 1.12 bits per heavy atom. The molecule has 170 valence electrons. The van der Waals surface area contributed by atoms with Gasteiger partial charge in [0.2, 0.25) is 11.9 Å². The second-order valence-corrected chi connectivity index (χ2v) is 8.94. The summed E-state index contributed by atoms with van der Waals surface area (Å²) in [5.74, 6) is 0.442. The summed E-state index contributed by atoms with van der Waals surface area (Å²) in [5, 5.41) is 2.96. The summed E-state index contributed by atoms with van der Waals surface area (Å²) in [7, 11) is 0. The topological polar surface area (TPSA) is 67.2 Å². The number of aromatic nitrogens is 2. The molecule has 6 nitrogen and oxygen atoms in total. The number of carbonyl (C=O) groups excluding carboxylic acids is 2. The first-order valence-corrected chi connectivity index (χ1v) is 12.0. The van der Waals surface area contributed by atoms with Crippen LogP contribution in [-0.4, -0.2) is 27.9 Å². The van der Waals surface area contributed by atoms with Crippen LogP contribution >= 0.6 is 0 Å². The number of imidazole rings is 1. The summed E-state index contributed by atoms with van der Waals surface area (Å²) >= 11 is 0. The molecule has 5 rings (SSSR count). The van der Waals surface area contributed by atoms with E-state index < -0.39 is 6.04 Å². The number of carbonyl (C=O) groups is 2. The minimum atomic E-state index is -0.581. The SMILES string of the molecule is CCc1ccc(NC(=O)C[C@@H]2C(=O)N(CCC3=CCCCC3)c3nc4ccccc4n32)cc1. The van der Waals surface area contributed by atoms with E-state index in [0.717, 1.165) is 42.4 Å². The maximum absolute atomic E-state index is 13.5. The summed E-state index contributed by atoms with van der Waals surface area (Å²) in [6.45, 7) is 2.70. The average molecular weight is 443 g/mol. The smallest absolute Gasteiger partial charge is 0.253 e. The Labute approximate surface area is 194 Å². The number of allylic oxidation sites excluding steroid dienone is 1. The fourth-order valence-corrected chi connectivity index (χ4v) is 4.91. The molecule has 0 spiro atoms. The third-order valence-electron chi connectivity index (χ3n) is 6.75. The molecule has 2 amide bonds. The van der Waals surface area contributed by atoms with Gasteiger partial charge in [-0.15, -0.1) is 0 Å². The monoisotopic (exact) mass is 442 g/mol. The van der Waals surface area contributed by atoms with E-state index in [1.807, 2.05) is 53.1 Å². The van der Waals surface area contributed by atoms with E-state index in [1.54, 1.807) is 4.90 Å². The third kappa shape index (κ3) is 4.30. The van der Waals surface area contributed by atoms with Gasteiger partial charge in [-0.3, -0.25) is 19.1 Å². The fraction of sp³-hybridized carbons (Fsp3) is 0.370. The molecular weight excluding hydrogens is 412 g/mol. The molecular formula is C27H30N4O2. The van der Waals surface area contributed by atoms with Crippen LogP contribution < -0.4 is 10.2 Å². The van der Waals surface area contributed by atoms with Crippen LogP contribution in [0.25, 0.3) is 11.0 Å². The third-order valence-corrected chi connectivity index (χ3v) is 6.75. The van der Waals surface area contributed by atoms with Gasteiger partial charge in [-0.05, 0) is 68.4 Å². The molecule has 2 heterocycles. The number of hydrogen-bond donors (Lipinski definition) is 1. The predicted molar refractivity (Wildman–Crippen MR) is 131 cm³/mol. The van der Waals surface area contributed by atoms with Gasteiger partial charge in [0.25, 0.3) is 5.91 Å². The van der Waals surface area contributed by atoms with Gasteiger partial charge in [-0.25, -0.2) is 4.98 Å². The number of aryl methyl sites for hydroxylation is 1. The number of amides is 2. The van der Waals surface area contributed by atoms with Crippen molar-refractivity contribution in [1.82, 2.24) is 9.55 Å². The lowest BCUT2D eigenvalue weighted by molar-refractivity contribution is -0.124. The predicted octanol–water partition coefficient (Wildman–Crippen LogP) is 5.41. The number of hydrogen-bond acceptors (Lipinski definition) is 3. The lowest BCUT2D eigenvalue weighted by Gasteiger charge is -2.18. The van der Waals surface area contributed by atoms with Crippen molar-refractivity contribution in [2.45, 2.75) is 57.9 Å².